The lowest BCUT2D eigenvalue weighted by molar-refractivity contribution is -0.0835. The van der Waals surface area contributed by atoms with Crippen LogP contribution in [0.4, 0.5) is 0 Å². The van der Waals surface area contributed by atoms with Crippen molar-refractivity contribution in [3.8, 4) is 0 Å². The summed E-state index contributed by atoms with van der Waals surface area (Å²) < 4.78 is 21.2. The van der Waals surface area contributed by atoms with Crippen LogP contribution in [0.3, 0.4) is 0 Å². The predicted molar refractivity (Wildman–Crippen MR) is 68.1 cm³/mol. The molecule has 0 aromatic heterocycles. The standard InChI is InChI=1S/C13H28O4/c1-12(2)9-14-5-7-16-11-17-8-6-15-10-13(3)4/h12-13H,5-11H2,1-4H3. The van der Waals surface area contributed by atoms with Crippen LogP contribution in [0, 0.1) is 11.8 Å². The summed E-state index contributed by atoms with van der Waals surface area (Å²) >= 11 is 0. The monoisotopic (exact) mass is 248 g/mol. The molecule has 0 unspecified atom stereocenters. The van der Waals surface area contributed by atoms with Crippen LogP contribution in [0.2, 0.25) is 0 Å². The van der Waals surface area contributed by atoms with E-state index in [0.717, 1.165) is 13.2 Å². The van der Waals surface area contributed by atoms with Gasteiger partial charge in [-0.25, -0.2) is 0 Å². The maximum atomic E-state index is 5.36. The Bertz CT molecular complexity index is 132. The fourth-order valence-electron chi connectivity index (χ4n) is 1.05. The fraction of sp³-hybridized carbons (Fsp3) is 1.00. The zero-order valence-electron chi connectivity index (χ0n) is 11.7. The molecule has 4 heteroatoms. The van der Waals surface area contributed by atoms with Crippen molar-refractivity contribution in [3.05, 3.63) is 0 Å². The van der Waals surface area contributed by atoms with Gasteiger partial charge in [-0.1, -0.05) is 27.7 Å². The topological polar surface area (TPSA) is 36.9 Å². The van der Waals surface area contributed by atoms with Crippen molar-refractivity contribution in [2.24, 2.45) is 11.8 Å². The van der Waals surface area contributed by atoms with Crippen LogP contribution in [0.15, 0.2) is 0 Å². The molecule has 104 valence electrons. The van der Waals surface area contributed by atoms with E-state index in [1.54, 1.807) is 0 Å². The van der Waals surface area contributed by atoms with E-state index in [1.165, 1.54) is 0 Å². The first-order chi connectivity index (χ1) is 8.13. The molecule has 0 bridgehead atoms. The van der Waals surface area contributed by atoms with Gasteiger partial charge in [0.25, 0.3) is 0 Å². The van der Waals surface area contributed by atoms with Crippen LogP contribution in [0.25, 0.3) is 0 Å². The number of ether oxygens (including phenoxy) is 4. The lowest BCUT2D eigenvalue weighted by atomic mass is 10.2. The fourth-order valence-corrected chi connectivity index (χ4v) is 1.05. The summed E-state index contributed by atoms with van der Waals surface area (Å²) in [5.74, 6) is 1.15. The Morgan fingerprint density at radius 1 is 0.588 bits per heavy atom. The van der Waals surface area contributed by atoms with E-state index >= 15 is 0 Å². The molecule has 0 heterocycles. The largest absolute Gasteiger partial charge is 0.379 e. The van der Waals surface area contributed by atoms with Crippen LogP contribution in [-0.2, 0) is 18.9 Å². The maximum absolute atomic E-state index is 5.36. The first-order valence-electron chi connectivity index (χ1n) is 6.44. The van der Waals surface area contributed by atoms with Gasteiger partial charge in [-0.15, -0.1) is 0 Å². The second-order valence-electron chi connectivity index (χ2n) is 4.87. The zero-order chi connectivity index (χ0) is 12.9. The molecular weight excluding hydrogens is 220 g/mol. The molecule has 0 atom stereocenters. The minimum absolute atomic E-state index is 0.316. The Morgan fingerprint density at radius 2 is 0.941 bits per heavy atom. The highest BCUT2D eigenvalue weighted by Gasteiger charge is 1.95. The van der Waals surface area contributed by atoms with Gasteiger partial charge in [0, 0.05) is 13.2 Å². The predicted octanol–water partition coefficient (Wildman–Crippen LogP) is 2.32. The third-order valence-corrected chi connectivity index (χ3v) is 1.81. The summed E-state index contributed by atoms with van der Waals surface area (Å²) in [7, 11) is 0. The van der Waals surface area contributed by atoms with E-state index in [1.807, 2.05) is 0 Å². The second-order valence-corrected chi connectivity index (χ2v) is 4.87. The summed E-state index contributed by atoms with van der Waals surface area (Å²) in [5.41, 5.74) is 0. The highest BCUT2D eigenvalue weighted by Crippen LogP contribution is 1.93. The third-order valence-electron chi connectivity index (χ3n) is 1.81. The van der Waals surface area contributed by atoms with Crippen LogP contribution in [0.5, 0.6) is 0 Å². The molecule has 0 aromatic carbocycles. The van der Waals surface area contributed by atoms with Gasteiger partial charge in [0.2, 0.25) is 0 Å². The molecular formula is C13H28O4. The molecule has 0 N–H and O–H groups in total. The summed E-state index contributed by atoms with van der Waals surface area (Å²) in [6, 6.07) is 0. The van der Waals surface area contributed by atoms with Crippen LogP contribution in [0.1, 0.15) is 27.7 Å². The minimum atomic E-state index is 0.316. The maximum Gasteiger partial charge on any atom is 0.146 e. The van der Waals surface area contributed by atoms with Gasteiger partial charge in [-0.05, 0) is 11.8 Å². The van der Waals surface area contributed by atoms with Crippen LogP contribution >= 0.6 is 0 Å². The number of hydrogen-bond donors (Lipinski definition) is 0. The van der Waals surface area contributed by atoms with Crippen molar-refractivity contribution >= 4 is 0 Å². The van der Waals surface area contributed by atoms with E-state index in [-0.39, 0.29) is 0 Å². The molecule has 0 aliphatic rings. The van der Waals surface area contributed by atoms with E-state index in [9.17, 15) is 0 Å². The average Bonchev–Trinajstić information content (AvgIpc) is 2.25. The van der Waals surface area contributed by atoms with Gasteiger partial charge in [-0.3, -0.25) is 0 Å². The van der Waals surface area contributed by atoms with E-state index in [4.69, 9.17) is 18.9 Å². The van der Waals surface area contributed by atoms with Gasteiger partial charge < -0.3 is 18.9 Å². The number of hydrogen-bond acceptors (Lipinski definition) is 4. The zero-order valence-corrected chi connectivity index (χ0v) is 11.7. The summed E-state index contributed by atoms with van der Waals surface area (Å²) in [5, 5.41) is 0. The third kappa shape index (κ3) is 15.8. The van der Waals surface area contributed by atoms with Crippen molar-refractivity contribution in [1.29, 1.82) is 0 Å². The molecule has 0 saturated heterocycles. The summed E-state index contributed by atoms with van der Waals surface area (Å²) in [4.78, 5) is 0. The highest BCUT2D eigenvalue weighted by molar-refractivity contribution is 4.40. The Balaban J connectivity index is 2.94. The van der Waals surface area contributed by atoms with Crippen molar-refractivity contribution in [3.63, 3.8) is 0 Å². The highest BCUT2D eigenvalue weighted by atomic mass is 16.7. The second kappa shape index (κ2) is 12.3. The van der Waals surface area contributed by atoms with Gasteiger partial charge in [-0.2, -0.15) is 0 Å². The molecule has 0 saturated carbocycles. The van der Waals surface area contributed by atoms with Gasteiger partial charge in [0.15, 0.2) is 0 Å². The van der Waals surface area contributed by atoms with Crippen LogP contribution in [-0.4, -0.2) is 46.4 Å². The van der Waals surface area contributed by atoms with Crippen molar-refractivity contribution in [1.82, 2.24) is 0 Å². The smallest absolute Gasteiger partial charge is 0.146 e. The quantitative estimate of drug-likeness (QED) is 0.392. The first kappa shape index (κ1) is 16.8. The molecule has 0 amide bonds. The SMILES string of the molecule is CC(C)COCCOCOCCOCC(C)C. The van der Waals surface area contributed by atoms with Gasteiger partial charge >= 0.3 is 0 Å². The van der Waals surface area contributed by atoms with Crippen molar-refractivity contribution in [2.75, 3.05) is 46.4 Å². The summed E-state index contributed by atoms with van der Waals surface area (Å²) in [6.45, 7) is 12.8. The molecule has 17 heavy (non-hydrogen) atoms. The molecule has 0 radical (unpaired) electrons. The van der Waals surface area contributed by atoms with Crippen molar-refractivity contribution < 1.29 is 18.9 Å². The molecule has 0 spiro atoms. The lowest BCUT2D eigenvalue weighted by Crippen LogP contribution is -2.13. The first-order valence-corrected chi connectivity index (χ1v) is 6.44. The molecule has 0 rings (SSSR count). The Labute approximate surface area is 106 Å². The molecule has 0 fully saturated rings. The molecule has 0 aromatic rings. The Hall–Kier alpha value is -0.160. The van der Waals surface area contributed by atoms with E-state index in [0.29, 0.717) is 45.1 Å². The van der Waals surface area contributed by atoms with Gasteiger partial charge in [0.05, 0.1) is 26.4 Å². The summed E-state index contributed by atoms with van der Waals surface area (Å²) in [6.07, 6.45) is 0. The van der Waals surface area contributed by atoms with Crippen molar-refractivity contribution in [2.45, 2.75) is 27.7 Å². The lowest BCUT2D eigenvalue weighted by Gasteiger charge is -2.09. The number of rotatable bonds is 12. The minimum Gasteiger partial charge on any atom is -0.379 e. The normalized spacial score (nSPS) is 11.6. The Morgan fingerprint density at radius 3 is 1.29 bits per heavy atom. The van der Waals surface area contributed by atoms with Gasteiger partial charge in [0.1, 0.15) is 6.79 Å². The van der Waals surface area contributed by atoms with E-state index in [2.05, 4.69) is 27.7 Å². The molecule has 0 aliphatic heterocycles. The van der Waals surface area contributed by atoms with Crippen LogP contribution < -0.4 is 0 Å². The molecule has 0 aliphatic carbocycles. The Kier molecular flexibility index (Phi) is 12.2. The van der Waals surface area contributed by atoms with E-state index < -0.39 is 0 Å². The molecule has 4 nitrogen and oxygen atoms in total. The average molecular weight is 248 g/mol.